The Morgan fingerprint density at radius 3 is 2.76 bits per heavy atom. The number of aromatic amines is 1. The average molecular weight is 483 g/mol. The molecule has 0 saturated heterocycles. The second-order valence-electron chi connectivity index (χ2n) is 7.94. The van der Waals surface area contributed by atoms with E-state index in [1.807, 2.05) is 24.3 Å². The van der Waals surface area contributed by atoms with E-state index in [-0.39, 0.29) is 29.8 Å². The largest absolute Gasteiger partial charge is 0.485 e. The Hall–Kier alpha value is -3.80. The Balaban J connectivity index is 1.37. The van der Waals surface area contributed by atoms with Crippen LogP contribution in [0.5, 0.6) is 11.5 Å². The van der Waals surface area contributed by atoms with E-state index in [2.05, 4.69) is 21.8 Å². The molecule has 1 atom stereocenters. The van der Waals surface area contributed by atoms with Gasteiger partial charge in [0.25, 0.3) is 5.56 Å². The number of para-hydroxylation sites is 2. The lowest BCUT2D eigenvalue weighted by Gasteiger charge is -2.26. The van der Waals surface area contributed by atoms with Gasteiger partial charge in [0.1, 0.15) is 18.0 Å². The fourth-order valence-corrected chi connectivity index (χ4v) is 4.65. The van der Waals surface area contributed by atoms with Gasteiger partial charge >= 0.3 is 5.69 Å². The molecule has 0 radical (unpaired) electrons. The molecule has 1 fully saturated rings. The Morgan fingerprint density at radius 1 is 1.26 bits per heavy atom. The summed E-state index contributed by atoms with van der Waals surface area (Å²) in [5, 5.41) is 8.93. The summed E-state index contributed by atoms with van der Waals surface area (Å²) in [6, 6.07) is 7.28. The lowest BCUT2D eigenvalue weighted by molar-refractivity contribution is 0.0821. The Bertz CT molecular complexity index is 1390. The summed E-state index contributed by atoms with van der Waals surface area (Å²) in [6.07, 6.45) is 2.75. The monoisotopic (exact) mass is 482 g/mol. The molecule has 1 aliphatic carbocycles. The van der Waals surface area contributed by atoms with Gasteiger partial charge in [0.05, 0.1) is 5.75 Å². The predicted molar refractivity (Wildman–Crippen MR) is 125 cm³/mol. The second kappa shape index (κ2) is 8.86. The van der Waals surface area contributed by atoms with Gasteiger partial charge in [-0.3, -0.25) is 23.7 Å². The van der Waals surface area contributed by atoms with Crippen molar-refractivity contribution in [2.75, 3.05) is 18.1 Å². The second-order valence-corrected chi connectivity index (χ2v) is 8.88. The topological polar surface area (TPSA) is 147 Å². The number of carbonyl (C=O) groups is 1. The van der Waals surface area contributed by atoms with Crippen LogP contribution in [0.2, 0.25) is 0 Å². The first kappa shape index (κ1) is 22.0. The van der Waals surface area contributed by atoms with Crippen LogP contribution < -0.4 is 26.5 Å². The molecule has 0 spiro atoms. The Labute approximate surface area is 197 Å². The van der Waals surface area contributed by atoms with Crippen molar-refractivity contribution in [1.82, 2.24) is 24.3 Å². The number of anilines is 1. The molecule has 3 aromatic rings. The molecular formula is C22H22N6O5S. The highest BCUT2D eigenvalue weighted by Gasteiger charge is 2.31. The van der Waals surface area contributed by atoms with Crippen LogP contribution in [0.25, 0.3) is 0 Å². The maximum atomic E-state index is 12.9. The highest BCUT2D eigenvalue weighted by molar-refractivity contribution is 7.99. The van der Waals surface area contributed by atoms with Crippen LogP contribution in [0.3, 0.4) is 0 Å². The van der Waals surface area contributed by atoms with Gasteiger partial charge in [0, 0.05) is 12.6 Å². The van der Waals surface area contributed by atoms with Crippen molar-refractivity contribution in [3.8, 4) is 11.5 Å². The molecule has 2 aromatic heterocycles. The van der Waals surface area contributed by atoms with E-state index in [1.165, 1.54) is 4.57 Å². The molecule has 11 nitrogen and oxygen atoms in total. The van der Waals surface area contributed by atoms with E-state index in [4.69, 9.17) is 15.2 Å². The summed E-state index contributed by atoms with van der Waals surface area (Å²) in [7, 11) is 0. The number of nitrogens with one attached hydrogen (secondary N) is 1. The number of nitrogens with zero attached hydrogens (tertiary/aromatic N) is 4. The number of ketones is 1. The molecule has 176 valence electrons. The van der Waals surface area contributed by atoms with Gasteiger partial charge in [-0.15, -0.1) is 16.8 Å². The van der Waals surface area contributed by atoms with Crippen LogP contribution >= 0.6 is 11.8 Å². The zero-order chi connectivity index (χ0) is 23.8. The van der Waals surface area contributed by atoms with Gasteiger partial charge < -0.3 is 15.2 Å². The molecule has 1 saturated carbocycles. The van der Waals surface area contributed by atoms with Crippen molar-refractivity contribution in [3.63, 3.8) is 0 Å². The SMILES string of the molecule is C=CCn1c(SCC(=O)c2c(N)n(C3CC3)c(=O)[nH]c2=O)nnc1C1COc2ccccc2O1. The number of rotatable bonds is 8. The molecule has 5 rings (SSSR count). The lowest BCUT2D eigenvalue weighted by atomic mass is 10.2. The van der Waals surface area contributed by atoms with Crippen LogP contribution in [0, 0.1) is 0 Å². The summed E-state index contributed by atoms with van der Waals surface area (Å²) >= 11 is 1.11. The number of H-pyrrole nitrogens is 1. The Morgan fingerprint density at radius 2 is 2.03 bits per heavy atom. The summed E-state index contributed by atoms with van der Waals surface area (Å²) in [5.74, 6) is 1.08. The quantitative estimate of drug-likeness (QED) is 0.278. The molecule has 1 unspecified atom stereocenters. The average Bonchev–Trinajstić information content (AvgIpc) is 3.57. The van der Waals surface area contributed by atoms with Crippen LogP contribution in [-0.4, -0.2) is 42.5 Å². The number of nitrogen functional groups attached to an aromatic ring is 1. The predicted octanol–water partition coefficient (Wildman–Crippen LogP) is 1.72. The number of carbonyl (C=O) groups excluding carboxylic acids is 1. The summed E-state index contributed by atoms with van der Waals surface area (Å²) in [6.45, 7) is 4.43. The van der Waals surface area contributed by atoms with E-state index in [0.717, 1.165) is 24.6 Å². The number of ether oxygens (including phenoxy) is 2. The third kappa shape index (κ3) is 4.00. The lowest BCUT2D eigenvalue weighted by Crippen LogP contribution is -2.36. The van der Waals surface area contributed by atoms with Crippen LogP contribution in [0.15, 0.2) is 51.7 Å². The molecule has 2 aliphatic rings. The molecule has 0 bridgehead atoms. The fraction of sp³-hybridized carbons (Fsp3) is 0.318. The number of allylic oxidation sites excluding steroid dienone is 1. The van der Waals surface area contributed by atoms with Crippen molar-refractivity contribution in [2.24, 2.45) is 0 Å². The summed E-state index contributed by atoms with van der Waals surface area (Å²) in [5.41, 5.74) is 4.45. The molecule has 0 amide bonds. The molecule has 1 aliphatic heterocycles. The summed E-state index contributed by atoms with van der Waals surface area (Å²) < 4.78 is 14.9. The minimum absolute atomic E-state index is 0.0790. The number of benzene rings is 1. The van der Waals surface area contributed by atoms with Gasteiger partial charge in [-0.05, 0) is 25.0 Å². The van der Waals surface area contributed by atoms with Crippen molar-refractivity contribution in [3.05, 3.63) is 69.1 Å². The first-order chi connectivity index (χ1) is 16.5. The maximum Gasteiger partial charge on any atom is 0.330 e. The minimum atomic E-state index is -0.787. The number of hydrogen-bond donors (Lipinski definition) is 2. The third-order valence-corrected chi connectivity index (χ3v) is 6.53. The van der Waals surface area contributed by atoms with E-state index in [0.29, 0.717) is 29.0 Å². The van der Waals surface area contributed by atoms with Crippen LogP contribution in [0.4, 0.5) is 5.82 Å². The van der Waals surface area contributed by atoms with E-state index >= 15 is 0 Å². The maximum absolute atomic E-state index is 12.9. The fourth-order valence-electron chi connectivity index (χ4n) is 3.83. The highest BCUT2D eigenvalue weighted by atomic mass is 32.2. The van der Waals surface area contributed by atoms with Crippen LogP contribution in [0.1, 0.15) is 41.2 Å². The number of hydrogen-bond acceptors (Lipinski definition) is 9. The molecule has 1 aromatic carbocycles. The van der Waals surface area contributed by atoms with Crippen molar-refractivity contribution < 1.29 is 14.3 Å². The number of thioether (sulfide) groups is 1. The number of Topliss-reactive ketones (excluding diaryl/α,β-unsaturated/α-hetero) is 1. The van der Waals surface area contributed by atoms with Crippen molar-refractivity contribution in [2.45, 2.75) is 36.7 Å². The van der Waals surface area contributed by atoms with Gasteiger partial charge in [-0.25, -0.2) is 4.79 Å². The van der Waals surface area contributed by atoms with Gasteiger partial charge in [-0.2, -0.15) is 0 Å². The van der Waals surface area contributed by atoms with Crippen LogP contribution in [-0.2, 0) is 6.54 Å². The van der Waals surface area contributed by atoms with Crippen molar-refractivity contribution >= 4 is 23.4 Å². The number of fused-ring (bicyclic) bond motifs is 1. The van der Waals surface area contributed by atoms with E-state index in [1.54, 1.807) is 10.6 Å². The van der Waals surface area contributed by atoms with Gasteiger partial charge in [-0.1, -0.05) is 30.0 Å². The number of aromatic nitrogens is 5. The highest BCUT2D eigenvalue weighted by Crippen LogP contribution is 2.37. The number of nitrogens with two attached hydrogens (primary N) is 1. The molecule has 12 heteroatoms. The first-order valence-corrected chi connectivity index (χ1v) is 11.7. The standard InChI is InChI=1S/C22H22N6O5S/c1-2-9-27-19(16-10-32-14-5-3-4-6-15(14)33-16)25-26-22(27)34-11-13(29)17-18(23)28(12-7-8-12)21(31)24-20(17)30/h2-6,12,16H,1,7-11,23H2,(H,24,30,31). The van der Waals surface area contributed by atoms with E-state index < -0.39 is 23.1 Å². The first-order valence-electron chi connectivity index (χ1n) is 10.7. The zero-order valence-electron chi connectivity index (χ0n) is 18.1. The van der Waals surface area contributed by atoms with Crippen molar-refractivity contribution in [1.29, 1.82) is 0 Å². The van der Waals surface area contributed by atoms with E-state index in [9.17, 15) is 14.4 Å². The normalized spacial score (nSPS) is 16.9. The molecule has 34 heavy (non-hydrogen) atoms. The Kier molecular flexibility index (Phi) is 5.74. The van der Waals surface area contributed by atoms with Gasteiger partial charge in [0.2, 0.25) is 0 Å². The minimum Gasteiger partial charge on any atom is -0.485 e. The third-order valence-electron chi connectivity index (χ3n) is 5.56. The van der Waals surface area contributed by atoms with Gasteiger partial charge in [0.15, 0.2) is 34.4 Å². The summed E-state index contributed by atoms with van der Waals surface area (Å²) in [4.78, 5) is 39.6. The smallest absolute Gasteiger partial charge is 0.330 e. The molecular weight excluding hydrogens is 460 g/mol. The molecule has 3 heterocycles. The zero-order valence-corrected chi connectivity index (χ0v) is 18.9. The molecule has 3 N–H and O–H groups in total.